The molecule has 28 heavy (non-hydrogen) atoms. The SMILES string of the molecule is O=C(CN1CCN(CC(=O)N2CCOCC2)CC1)Nc1cccc2nsnc12. The van der Waals surface area contributed by atoms with Crippen molar-refractivity contribution >= 4 is 40.3 Å². The first-order valence-electron chi connectivity index (χ1n) is 9.50. The predicted molar refractivity (Wildman–Crippen MR) is 106 cm³/mol. The maximum absolute atomic E-state index is 12.4. The van der Waals surface area contributed by atoms with E-state index in [0.717, 1.165) is 48.9 Å². The molecule has 2 fully saturated rings. The van der Waals surface area contributed by atoms with Gasteiger partial charge in [-0.15, -0.1) is 0 Å². The van der Waals surface area contributed by atoms with E-state index in [9.17, 15) is 9.59 Å². The molecular weight excluding hydrogens is 380 g/mol. The van der Waals surface area contributed by atoms with Gasteiger partial charge >= 0.3 is 0 Å². The van der Waals surface area contributed by atoms with Gasteiger partial charge in [0.25, 0.3) is 0 Å². The lowest BCUT2D eigenvalue weighted by Gasteiger charge is -2.35. The number of hydrogen-bond donors (Lipinski definition) is 1. The fourth-order valence-corrected chi connectivity index (χ4v) is 4.06. The largest absolute Gasteiger partial charge is 0.378 e. The Labute approximate surface area is 167 Å². The van der Waals surface area contributed by atoms with Crippen molar-refractivity contribution in [2.24, 2.45) is 0 Å². The molecule has 10 heteroatoms. The lowest BCUT2D eigenvalue weighted by molar-refractivity contribution is -0.137. The summed E-state index contributed by atoms with van der Waals surface area (Å²) in [6.07, 6.45) is 0. The van der Waals surface area contributed by atoms with Crippen molar-refractivity contribution in [3.05, 3.63) is 18.2 Å². The van der Waals surface area contributed by atoms with Gasteiger partial charge in [-0.25, -0.2) is 0 Å². The minimum Gasteiger partial charge on any atom is -0.378 e. The Bertz CT molecular complexity index is 830. The zero-order chi connectivity index (χ0) is 19.3. The summed E-state index contributed by atoms with van der Waals surface area (Å²) in [7, 11) is 0. The van der Waals surface area contributed by atoms with Crippen LogP contribution in [0.4, 0.5) is 5.69 Å². The lowest BCUT2D eigenvalue weighted by Crippen LogP contribution is -2.52. The summed E-state index contributed by atoms with van der Waals surface area (Å²) in [5.74, 6) is 0.109. The van der Waals surface area contributed by atoms with Gasteiger partial charge < -0.3 is 15.0 Å². The van der Waals surface area contributed by atoms with Crippen LogP contribution in [0.15, 0.2) is 18.2 Å². The number of ether oxygens (including phenoxy) is 1. The minimum atomic E-state index is -0.0571. The number of fused-ring (bicyclic) bond motifs is 1. The molecule has 2 aromatic rings. The monoisotopic (exact) mass is 404 g/mol. The van der Waals surface area contributed by atoms with Crippen LogP contribution in [0, 0.1) is 0 Å². The van der Waals surface area contributed by atoms with Crippen LogP contribution >= 0.6 is 11.7 Å². The third-order valence-corrected chi connectivity index (χ3v) is 5.66. The number of carbonyl (C=O) groups excluding carboxylic acids is 2. The molecule has 150 valence electrons. The van der Waals surface area contributed by atoms with Crippen molar-refractivity contribution in [3.63, 3.8) is 0 Å². The number of anilines is 1. The topological polar surface area (TPSA) is 90.9 Å². The highest BCUT2D eigenvalue weighted by Crippen LogP contribution is 2.21. The summed E-state index contributed by atoms with van der Waals surface area (Å²) < 4.78 is 13.7. The third kappa shape index (κ3) is 4.64. The fourth-order valence-electron chi connectivity index (χ4n) is 3.51. The second kappa shape index (κ2) is 8.91. The Morgan fingerprint density at radius 1 is 1.00 bits per heavy atom. The van der Waals surface area contributed by atoms with Crippen LogP contribution in [-0.2, 0) is 14.3 Å². The van der Waals surface area contributed by atoms with Crippen LogP contribution in [0.5, 0.6) is 0 Å². The van der Waals surface area contributed by atoms with E-state index in [4.69, 9.17) is 4.74 Å². The summed E-state index contributed by atoms with van der Waals surface area (Å²) in [4.78, 5) is 30.9. The highest BCUT2D eigenvalue weighted by Gasteiger charge is 2.24. The third-order valence-electron chi connectivity index (χ3n) is 5.11. The van der Waals surface area contributed by atoms with Gasteiger partial charge in [0.05, 0.1) is 43.7 Å². The molecule has 1 aromatic carbocycles. The van der Waals surface area contributed by atoms with Crippen LogP contribution < -0.4 is 5.32 Å². The highest BCUT2D eigenvalue weighted by molar-refractivity contribution is 7.00. The second-order valence-electron chi connectivity index (χ2n) is 7.03. The van der Waals surface area contributed by atoms with Crippen LogP contribution in [0.1, 0.15) is 0 Å². The van der Waals surface area contributed by atoms with Crippen molar-refractivity contribution in [2.45, 2.75) is 0 Å². The molecule has 0 bridgehead atoms. The van der Waals surface area contributed by atoms with Gasteiger partial charge in [0.2, 0.25) is 11.8 Å². The van der Waals surface area contributed by atoms with E-state index in [1.807, 2.05) is 23.1 Å². The lowest BCUT2D eigenvalue weighted by atomic mass is 10.2. The number of morpholine rings is 1. The van der Waals surface area contributed by atoms with Gasteiger partial charge in [-0.2, -0.15) is 8.75 Å². The maximum atomic E-state index is 12.4. The number of hydrogen-bond acceptors (Lipinski definition) is 8. The molecule has 2 aliphatic rings. The molecule has 3 heterocycles. The molecule has 0 atom stereocenters. The summed E-state index contributed by atoms with van der Waals surface area (Å²) >= 11 is 1.14. The zero-order valence-electron chi connectivity index (χ0n) is 15.7. The molecule has 0 radical (unpaired) electrons. The Hall–Kier alpha value is -2.14. The molecule has 9 nitrogen and oxygen atoms in total. The number of benzene rings is 1. The van der Waals surface area contributed by atoms with E-state index < -0.39 is 0 Å². The van der Waals surface area contributed by atoms with E-state index in [-0.39, 0.29) is 11.8 Å². The molecule has 1 N–H and O–H groups in total. The summed E-state index contributed by atoms with van der Waals surface area (Å²) in [5.41, 5.74) is 2.22. The predicted octanol–water partition coefficient (Wildman–Crippen LogP) is 0.106. The van der Waals surface area contributed by atoms with Crippen molar-refractivity contribution in [1.29, 1.82) is 0 Å². The molecular formula is C18H24N6O3S. The standard InChI is InChI=1S/C18H24N6O3S/c25-16(19-14-2-1-3-15-18(14)21-28-20-15)12-22-4-6-23(7-5-22)13-17(26)24-8-10-27-11-9-24/h1-3H,4-13H2,(H,19,25). The molecule has 0 unspecified atom stereocenters. The van der Waals surface area contributed by atoms with Crippen LogP contribution in [0.25, 0.3) is 11.0 Å². The van der Waals surface area contributed by atoms with Gasteiger partial charge in [0.1, 0.15) is 11.0 Å². The highest BCUT2D eigenvalue weighted by atomic mass is 32.1. The number of rotatable bonds is 5. The van der Waals surface area contributed by atoms with Gasteiger partial charge in [-0.3, -0.25) is 19.4 Å². The maximum Gasteiger partial charge on any atom is 0.238 e. The molecule has 2 aliphatic heterocycles. The van der Waals surface area contributed by atoms with E-state index in [0.29, 0.717) is 45.1 Å². The minimum absolute atomic E-state index is 0.0571. The van der Waals surface area contributed by atoms with Gasteiger partial charge in [0.15, 0.2) is 0 Å². The number of carbonyl (C=O) groups is 2. The first kappa shape index (κ1) is 19.2. The molecule has 0 spiro atoms. The summed E-state index contributed by atoms with van der Waals surface area (Å²) in [6.45, 7) is 6.50. The van der Waals surface area contributed by atoms with Crippen LogP contribution in [-0.4, -0.2) is 101 Å². The summed E-state index contributed by atoms with van der Waals surface area (Å²) in [5, 5.41) is 2.94. The summed E-state index contributed by atoms with van der Waals surface area (Å²) in [6, 6.07) is 5.59. The number of nitrogens with zero attached hydrogens (tertiary/aromatic N) is 5. The first-order chi connectivity index (χ1) is 13.7. The average Bonchev–Trinajstić information content (AvgIpc) is 3.20. The van der Waals surface area contributed by atoms with E-state index in [2.05, 4.69) is 23.9 Å². The van der Waals surface area contributed by atoms with Gasteiger partial charge in [0, 0.05) is 39.3 Å². The number of nitrogens with one attached hydrogen (secondary N) is 1. The normalized spacial score (nSPS) is 19.1. The van der Waals surface area contributed by atoms with Crippen molar-refractivity contribution in [3.8, 4) is 0 Å². The first-order valence-corrected chi connectivity index (χ1v) is 10.2. The molecule has 4 rings (SSSR count). The average molecular weight is 404 g/mol. The van der Waals surface area contributed by atoms with E-state index in [1.165, 1.54) is 0 Å². The van der Waals surface area contributed by atoms with Crippen molar-refractivity contribution in [2.75, 3.05) is 70.9 Å². The quantitative estimate of drug-likeness (QED) is 0.756. The van der Waals surface area contributed by atoms with Crippen LogP contribution in [0.2, 0.25) is 0 Å². The number of aromatic nitrogens is 2. The smallest absolute Gasteiger partial charge is 0.238 e. The molecule has 2 saturated heterocycles. The Morgan fingerprint density at radius 2 is 1.71 bits per heavy atom. The molecule has 1 aromatic heterocycles. The Kier molecular flexibility index (Phi) is 6.10. The fraction of sp³-hybridized carbons (Fsp3) is 0.556. The Morgan fingerprint density at radius 3 is 2.46 bits per heavy atom. The van der Waals surface area contributed by atoms with E-state index >= 15 is 0 Å². The molecule has 2 amide bonds. The van der Waals surface area contributed by atoms with Gasteiger partial charge in [-0.05, 0) is 12.1 Å². The number of amides is 2. The Balaban J connectivity index is 1.22. The van der Waals surface area contributed by atoms with Crippen LogP contribution in [0.3, 0.4) is 0 Å². The number of piperazine rings is 1. The second-order valence-corrected chi connectivity index (χ2v) is 7.56. The molecule has 0 saturated carbocycles. The van der Waals surface area contributed by atoms with Crippen molar-refractivity contribution < 1.29 is 14.3 Å². The van der Waals surface area contributed by atoms with Gasteiger partial charge in [-0.1, -0.05) is 6.07 Å². The van der Waals surface area contributed by atoms with E-state index in [1.54, 1.807) is 0 Å². The molecule has 0 aliphatic carbocycles. The van der Waals surface area contributed by atoms with Crippen molar-refractivity contribution in [1.82, 2.24) is 23.4 Å². The zero-order valence-corrected chi connectivity index (χ0v) is 16.5.